The summed E-state index contributed by atoms with van der Waals surface area (Å²) in [4.78, 5) is 12.3. The van der Waals surface area contributed by atoms with E-state index in [2.05, 4.69) is 26.1 Å². The molecule has 0 fully saturated rings. The Labute approximate surface area is 115 Å². The molecule has 0 spiro atoms. The van der Waals surface area contributed by atoms with Crippen molar-refractivity contribution in [2.75, 3.05) is 13.7 Å². The highest BCUT2D eigenvalue weighted by Crippen LogP contribution is 2.23. The quantitative estimate of drug-likeness (QED) is 0.857. The number of benzene rings is 1. The molecular weight excluding hydrogens is 240 g/mol. The number of methoxy groups -OCH3 is 1. The van der Waals surface area contributed by atoms with Gasteiger partial charge >= 0.3 is 0 Å². The maximum atomic E-state index is 12.3. The van der Waals surface area contributed by atoms with E-state index in [0.29, 0.717) is 17.9 Å². The molecular formula is C15H24N2O2. The molecule has 1 aromatic carbocycles. The van der Waals surface area contributed by atoms with Gasteiger partial charge in [-0.05, 0) is 30.5 Å². The van der Waals surface area contributed by atoms with Gasteiger partial charge in [0.1, 0.15) is 5.75 Å². The van der Waals surface area contributed by atoms with Gasteiger partial charge in [0.15, 0.2) is 0 Å². The van der Waals surface area contributed by atoms with E-state index in [1.54, 1.807) is 19.2 Å². The van der Waals surface area contributed by atoms with Crippen molar-refractivity contribution in [3.05, 3.63) is 29.8 Å². The minimum Gasteiger partial charge on any atom is -0.496 e. The highest BCUT2D eigenvalue weighted by atomic mass is 16.5. The molecule has 4 nitrogen and oxygen atoms in total. The van der Waals surface area contributed by atoms with Gasteiger partial charge in [0, 0.05) is 6.04 Å². The van der Waals surface area contributed by atoms with Crippen LogP contribution >= 0.6 is 0 Å². The highest BCUT2D eigenvalue weighted by molar-refractivity contribution is 5.97. The van der Waals surface area contributed by atoms with Crippen LogP contribution in [-0.4, -0.2) is 25.6 Å². The summed E-state index contributed by atoms with van der Waals surface area (Å²) in [6.07, 6.45) is 0.754. The zero-order valence-corrected chi connectivity index (χ0v) is 12.2. The highest BCUT2D eigenvalue weighted by Gasteiger charge is 2.26. The predicted molar refractivity (Wildman–Crippen MR) is 77.4 cm³/mol. The molecule has 1 amide bonds. The van der Waals surface area contributed by atoms with Gasteiger partial charge in [-0.3, -0.25) is 4.79 Å². The fourth-order valence-electron chi connectivity index (χ4n) is 1.96. The second-order valence-corrected chi connectivity index (χ2v) is 5.67. The zero-order valence-electron chi connectivity index (χ0n) is 12.2. The van der Waals surface area contributed by atoms with E-state index in [4.69, 9.17) is 10.5 Å². The number of nitrogens with one attached hydrogen (secondary N) is 1. The van der Waals surface area contributed by atoms with E-state index in [1.807, 2.05) is 12.1 Å². The number of amides is 1. The van der Waals surface area contributed by atoms with Crippen LogP contribution in [-0.2, 0) is 0 Å². The van der Waals surface area contributed by atoms with Gasteiger partial charge in [0.2, 0.25) is 0 Å². The van der Waals surface area contributed by atoms with Crippen LogP contribution in [0.2, 0.25) is 0 Å². The summed E-state index contributed by atoms with van der Waals surface area (Å²) >= 11 is 0. The van der Waals surface area contributed by atoms with Crippen LogP contribution in [0, 0.1) is 5.41 Å². The Morgan fingerprint density at radius 2 is 2.00 bits per heavy atom. The Bertz CT molecular complexity index is 424. The third kappa shape index (κ3) is 4.24. The monoisotopic (exact) mass is 264 g/mol. The number of carbonyl (C=O) groups excluding carboxylic acids is 1. The Hall–Kier alpha value is -1.55. The molecule has 106 valence electrons. The molecule has 0 bridgehead atoms. The van der Waals surface area contributed by atoms with Crippen molar-refractivity contribution >= 4 is 5.91 Å². The molecule has 1 atom stereocenters. The predicted octanol–water partition coefficient (Wildman–Crippen LogP) is 2.19. The third-order valence-corrected chi connectivity index (χ3v) is 3.16. The lowest BCUT2D eigenvalue weighted by atomic mass is 9.84. The van der Waals surface area contributed by atoms with Gasteiger partial charge in [-0.1, -0.05) is 32.9 Å². The third-order valence-electron chi connectivity index (χ3n) is 3.16. The molecule has 1 aromatic rings. The number of carbonyl (C=O) groups is 1. The Morgan fingerprint density at radius 3 is 2.53 bits per heavy atom. The van der Waals surface area contributed by atoms with E-state index in [1.165, 1.54) is 0 Å². The first-order chi connectivity index (χ1) is 8.90. The van der Waals surface area contributed by atoms with Gasteiger partial charge in [-0.15, -0.1) is 0 Å². The first kappa shape index (κ1) is 15.5. The van der Waals surface area contributed by atoms with Crippen molar-refractivity contribution < 1.29 is 9.53 Å². The van der Waals surface area contributed by atoms with E-state index >= 15 is 0 Å². The number of rotatable bonds is 5. The average molecular weight is 264 g/mol. The van der Waals surface area contributed by atoms with Gasteiger partial charge in [-0.2, -0.15) is 0 Å². The van der Waals surface area contributed by atoms with E-state index in [0.717, 1.165) is 6.42 Å². The molecule has 0 heterocycles. The molecule has 1 unspecified atom stereocenters. The van der Waals surface area contributed by atoms with E-state index in [-0.39, 0.29) is 17.4 Å². The zero-order chi connectivity index (χ0) is 14.5. The summed E-state index contributed by atoms with van der Waals surface area (Å²) in [5, 5.41) is 3.05. The van der Waals surface area contributed by atoms with Crippen molar-refractivity contribution in [2.24, 2.45) is 11.1 Å². The number of hydrogen-bond donors (Lipinski definition) is 2. The molecule has 0 aromatic heterocycles. The molecule has 0 aliphatic rings. The van der Waals surface area contributed by atoms with Gasteiger partial charge in [0.05, 0.1) is 12.7 Å². The van der Waals surface area contributed by atoms with Crippen LogP contribution in [0.15, 0.2) is 24.3 Å². The normalized spacial score (nSPS) is 12.9. The smallest absolute Gasteiger partial charge is 0.255 e. The SMILES string of the molecule is COc1ccccc1C(=O)NC(CCN)C(C)(C)C. The molecule has 0 saturated heterocycles. The molecule has 0 aliphatic carbocycles. The number of para-hydroxylation sites is 1. The van der Waals surface area contributed by atoms with Crippen LogP contribution in [0.5, 0.6) is 5.75 Å². The fraction of sp³-hybridized carbons (Fsp3) is 0.533. The number of nitrogens with two attached hydrogens (primary N) is 1. The van der Waals surface area contributed by atoms with Gasteiger partial charge < -0.3 is 15.8 Å². The minimum atomic E-state index is -0.120. The summed E-state index contributed by atoms with van der Waals surface area (Å²) in [5.74, 6) is 0.464. The molecule has 3 N–H and O–H groups in total. The minimum absolute atomic E-state index is 0.0307. The average Bonchev–Trinajstić information content (AvgIpc) is 2.37. The summed E-state index contributed by atoms with van der Waals surface area (Å²) in [7, 11) is 1.56. The van der Waals surface area contributed by atoms with Crippen molar-refractivity contribution in [3.8, 4) is 5.75 Å². The lowest BCUT2D eigenvalue weighted by Gasteiger charge is -2.31. The molecule has 0 saturated carbocycles. The largest absolute Gasteiger partial charge is 0.496 e. The Kier molecular flexibility index (Phi) is 5.36. The Morgan fingerprint density at radius 1 is 1.37 bits per heavy atom. The van der Waals surface area contributed by atoms with Crippen molar-refractivity contribution in [3.63, 3.8) is 0 Å². The van der Waals surface area contributed by atoms with Gasteiger partial charge in [-0.25, -0.2) is 0 Å². The van der Waals surface area contributed by atoms with Crippen LogP contribution in [0.4, 0.5) is 0 Å². The van der Waals surface area contributed by atoms with Crippen molar-refractivity contribution in [1.82, 2.24) is 5.32 Å². The number of hydrogen-bond acceptors (Lipinski definition) is 3. The fourth-order valence-corrected chi connectivity index (χ4v) is 1.96. The first-order valence-electron chi connectivity index (χ1n) is 6.54. The van der Waals surface area contributed by atoms with Crippen LogP contribution in [0.1, 0.15) is 37.6 Å². The molecule has 0 aliphatic heterocycles. The number of ether oxygens (including phenoxy) is 1. The van der Waals surface area contributed by atoms with Crippen LogP contribution in [0.3, 0.4) is 0 Å². The van der Waals surface area contributed by atoms with Gasteiger partial charge in [0.25, 0.3) is 5.91 Å². The molecule has 4 heteroatoms. The second kappa shape index (κ2) is 6.57. The van der Waals surface area contributed by atoms with E-state index < -0.39 is 0 Å². The van der Waals surface area contributed by atoms with Crippen LogP contribution < -0.4 is 15.8 Å². The van der Waals surface area contributed by atoms with Crippen LogP contribution in [0.25, 0.3) is 0 Å². The standard InChI is InChI=1S/C15H24N2O2/c1-15(2,3)13(9-10-16)17-14(18)11-7-5-6-8-12(11)19-4/h5-8,13H,9-10,16H2,1-4H3,(H,17,18). The molecule has 19 heavy (non-hydrogen) atoms. The van der Waals surface area contributed by atoms with Crippen molar-refractivity contribution in [2.45, 2.75) is 33.2 Å². The molecule has 0 radical (unpaired) electrons. The maximum absolute atomic E-state index is 12.3. The summed E-state index contributed by atoms with van der Waals surface area (Å²) in [6.45, 7) is 6.83. The summed E-state index contributed by atoms with van der Waals surface area (Å²) < 4.78 is 5.21. The topological polar surface area (TPSA) is 64.3 Å². The lowest BCUT2D eigenvalue weighted by Crippen LogP contribution is -2.44. The first-order valence-corrected chi connectivity index (χ1v) is 6.54. The second-order valence-electron chi connectivity index (χ2n) is 5.67. The summed E-state index contributed by atoms with van der Waals surface area (Å²) in [5.41, 5.74) is 6.14. The molecule has 1 rings (SSSR count). The lowest BCUT2D eigenvalue weighted by molar-refractivity contribution is 0.0896. The maximum Gasteiger partial charge on any atom is 0.255 e. The summed E-state index contributed by atoms with van der Waals surface area (Å²) in [6, 6.07) is 7.25. The Balaban J connectivity index is 2.88. The van der Waals surface area contributed by atoms with E-state index in [9.17, 15) is 4.79 Å². The van der Waals surface area contributed by atoms with Crippen molar-refractivity contribution in [1.29, 1.82) is 0 Å².